The van der Waals surface area contributed by atoms with Gasteiger partial charge < -0.3 is 20.5 Å². The molecular formula is C20H26N2O3. The molecule has 2 rings (SSSR count). The van der Waals surface area contributed by atoms with Crippen molar-refractivity contribution in [3.63, 3.8) is 0 Å². The summed E-state index contributed by atoms with van der Waals surface area (Å²) in [5.74, 6) is 0.538. The minimum absolute atomic E-state index is 0.117. The van der Waals surface area contributed by atoms with E-state index in [0.29, 0.717) is 17.9 Å². The Morgan fingerprint density at radius 1 is 1.24 bits per heavy atom. The highest BCUT2D eigenvalue weighted by molar-refractivity contribution is 5.97. The molecule has 25 heavy (non-hydrogen) atoms. The summed E-state index contributed by atoms with van der Waals surface area (Å²) in [6.07, 6.45) is 0. The number of amides is 1. The first kappa shape index (κ1) is 18.8. The van der Waals surface area contributed by atoms with Crippen LogP contribution in [-0.4, -0.2) is 23.7 Å². The van der Waals surface area contributed by atoms with Gasteiger partial charge in [-0.05, 0) is 63.1 Å². The molecule has 2 aromatic rings. The fraction of sp³-hybridized carbons (Fsp3) is 0.350. The van der Waals surface area contributed by atoms with Crippen LogP contribution in [0, 0.1) is 13.8 Å². The van der Waals surface area contributed by atoms with E-state index in [2.05, 4.69) is 10.6 Å². The molecule has 5 nitrogen and oxygen atoms in total. The molecule has 1 atom stereocenters. The number of benzene rings is 2. The highest BCUT2D eigenvalue weighted by atomic mass is 16.5. The van der Waals surface area contributed by atoms with Crippen LogP contribution in [0.1, 0.15) is 30.5 Å². The fourth-order valence-electron chi connectivity index (χ4n) is 2.53. The van der Waals surface area contributed by atoms with Crippen molar-refractivity contribution in [1.29, 1.82) is 0 Å². The minimum Gasteiger partial charge on any atom is -0.494 e. The molecular weight excluding hydrogens is 316 g/mol. The van der Waals surface area contributed by atoms with Gasteiger partial charge in [-0.25, -0.2) is 0 Å². The zero-order chi connectivity index (χ0) is 18.4. The molecule has 0 saturated carbocycles. The van der Waals surface area contributed by atoms with E-state index in [1.807, 2.05) is 45.0 Å². The number of ether oxygens (including phenoxy) is 1. The average molecular weight is 342 g/mol. The lowest BCUT2D eigenvalue weighted by molar-refractivity contribution is -0.116. The van der Waals surface area contributed by atoms with Gasteiger partial charge in [0.25, 0.3) is 0 Å². The first-order chi connectivity index (χ1) is 12.0. The smallest absolute Gasteiger partial charge is 0.246 e. The van der Waals surface area contributed by atoms with E-state index in [1.54, 1.807) is 19.1 Å². The molecule has 0 bridgehead atoms. The lowest BCUT2D eigenvalue weighted by Crippen LogP contribution is -2.32. The summed E-state index contributed by atoms with van der Waals surface area (Å²) < 4.78 is 5.47. The average Bonchev–Trinajstić information content (AvgIpc) is 2.60. The first-order valence-corrected chi connectivity index (χ1v) is 8.46. The van der Waals surface area contributed by atoms with Crippen LogP contribution in [0.2, 0.25) is 0 Å². The Hall–Kier alpha value is -2.53. The van der Waals surface area contributed by atoms with Crippen molar-refractivity contribution in [1.82, 2.24) is 0 Å². The van der Waals surface area contributed by atoms with E-state index in [0.717, 1.165) is 22.5 Å². The summed E-state index contributed by atoms with van der Waals surface area (Å²) in [4.78, 5) is 12.5. The second kappa shape index (κ2) is 8.53. The molecule has 0 aromatic heterocycles. The third-order valence-corrected chi connectivity index (χ3v) is 4.17. The van der Waals surface area contributed by atoms with Crippen molar-refractivity contribution >= 4 is 17.3 Å². The molecule has 0 spiro atoms. The Morgan fingerprint density at radius 2 is 2.00 bits per heavy atom. The highest BCUT2D eigenvalue weighted by Crippen LogP contribution is 2.24. The Labute approximate surface area is 149 Å². The Balaban J connectivity index is 2.07. The lowest BCUT2D eigenvalue weighted by atomic mass is 10.1. The van der Waals surface area contributed by atoms with Gasteiger partial charge in [0.1, 0.15) is 11.8 Å². The lowest BCUT2D eigenvalue weighted by Gasteiger charge is -2.18. The molecule has 0 fully saturated rings. The maximum Gasteiger partial charge on any atom is 0.246 e. The van der Waals surface area contributed by atoms with Crippen LogP contribution in [0.15, 0.2) is 36.4 Å². The van der Waals surface area contributed by atoms with Gasteiger partial charge in [0.15, 0.2) is 0 Å². The summed E-state index contributed by atoms with van der Waals surface area (Å²) in [7, 11) is 0. The molecule has 1 unspecified atom stereocenters. The van der Waals surface area contributed by atoms with Gasteiger partial charge >= 0.3 is 0 Å². The molecule has 0 aliphatic heterocycles. The number of carbonyl (C=O) groups is 1. The highest BCUT2D eigenvalue weighted by Gasteiger charge is 2.15. The summed E-state index contributed by atoms with van der Waals surface area (Å²) in [6.45, 7) is 8.12. The van der Waals surface area contributed by atoms with Gasteiger partial charge in [-0.1, -0.05) is 12.1 Å². The third-order valence-electron chi connectivity index (χ3n) is 4.17. The number of carbonyl (C=O) groups excluding carboxylic acids is 1. The van der Waals surface area contributed by atoms with Crippen molar-refractivity contribution in [2.45, 2.75) is 40.3 Å². The molecule has 2 aromatic carbocycles. The molecule has 1 amide bonds. The summed E-state index contributed by atoms with van der Waals surface area (Å²) in [6, 6.07) is 10.8. The van der Waals surface area contributed by atoms with E-state index < -0.39 is 6.04 Å². The van der Waals surface area contributed by atoms with Crippen LogP contribution in [0.25, 0.3) is 0 Å². The van der Waals surface area contributed by atoms with Crippen LogP contribution >= 0.6 is 0 Å². The number of rotatable bonds is 7. The maximum atomic E-state index is 12.5. The van der Waals surface area contributed by atoms with Crippen LogP contribution in [0.3, 0.4) is 0 Å². The van der Waals surface area contributed by atoms with E-state index >= 15 is 0 Å². The van der Waals surface area contributed by atoms with Crippen molar-refractivity contribution in [3.8, 4) is 5.75 Å². The number of aryl methyl sites for hydroxylation is 1. The SMILES string of the molecule is CCOc1ccc(NC(C)C(=O)Nc2cccc(C)c2C)cc1CO. The second-order valence-corrected chi connectivity index (χ2v) is 6.02. The van der Waals surface area contributed by atoms with Crippen LogP contribution in [-0.2, 0) is 11.4 Å². The number of hydrogen-bond acceptors (Lipinski definition) is 4. The molecule has 0 saturated heterocycles. The number of aliphatic hydroxyl groups excluding tert-OH is 1. The molecule has 0 heterocycles. The number of nitrogens with one attached hydrogen (secondary N) is 2. The standard InChI is InChI=1S/C20H26N2O3/c1-5-25-19-10-9-17(11-16(19)12-23)21-15(4)20(24)22-18-8-6-7-13(2)14(18)3/h6-11,15,21,23H,5,12H2,1-4H3,(H,22,24). The number of hydrogen-bond donors (Lipinski definition) is 3. The fourth-order valence-corrected chi connectivity index (χ4v) is 2.53. The van der Waals surface area contributed by atoms with Crippen LogP contribution < -0.4 is 15.4 Å². The summed E-state index contributed by atoms with van der Waals surface area (Å²) in [5, 5.41) is 15.6. The zero-order valence-corrected chi connectivity index (χ0v) is 15.2. The predicted octanol–water partition coefficient (Wildman–Crippen LogP) is 3.63. The monoisotopic (exact) mass is 342 g/mol. The van der Waals surface area contributed by atoms with Crippen molar-refractivity contribution < 1.29 is 14.6 Å². The van der Waals surface area contributed by atoms with Crippen LogP contribution in [0.4, 0.5) is 11.4 Å². The predicted molar refractivity (Wildman–Crippen MR) is 101 cm³/mol. The van der Waals surface area contributed by atoms with Gasteiger partial charge in [0.05, 0.1) is 13.2 Å². The zero-order valence-electron chi connectivity index (χ0n) is 15.2. The van der Waals surface area contributed by atoms with Crippen molar-refractivity contribution in [3.05, 3.63) is 53.1 Å². The number of anilines is 2. The molecule has 5 heteroatoms. The third kappa shape index (κ3) is 4.73. The summed E-state index contributed by atoms with van der Waals surface area (Å²) in [5.41, 5.74) is 4.47. The topological polar surface area (TPSA) is 70.6 Å². The van der Waals surface area contributed by atoms with Gasteiger partial charge in [-0.2, -0.15) is 0 Å². The van der Waals surface area contributed by atoms with Crippen LogP contribution in [0.5, 0.6) is 5.75 Å². The summed E-state index contributed by atoms with van der Waals surface area (Å²) >= 11 is 0. The van der Waals surface area contributed by atoms with Gasteiger partial charge in [-0.15, -0.1) is 0 Å². The van der Waals surface area contributed by atoms with Crippen molar-refractivity contribution in [2.75, 3.05) is 17.2 Å². The normalized spacial score (nSPS) is 11.7. The quantitative estimate of drug-likeness (QED) is 0.718. The van der Waals surface area contributed by atoms with Gasteiger partial charge in [0.2, 0.25) is 5.91 Å². The van der Waals surface area contributed by atoms with E-state index in [1.165, 1.54) is 0 Å². The Kier molecular flexibility index (Phi) is 6.42. The number of aliphatic hydroxyl groups is 1. The Bertz CT molecular complexity index is 744. The first-order valence-electron chi connectivity index (χ1n) is 8.46. The molecule has 0 aliphatic rings. The minimum atomic E-state index is -0.426. The maximum absolute atomic E-state index is 12.5. The molecule has 0 radical (unpaired) electrons. The van der Waals surface area contributed by atoms with Crippen molar-refractivity contribution in [2.24, 2.45) is 0 Å². The molecule has 134 valence electrons. The van der Waals surface area contributed by atoms with Gasteiger partial charge in [-0.3, -0.25) is 4.79 Å². The second-order valence-electron chi connectivity index (χ2n) is 6.02. The Morgan fingerprint density at radius 3 is 2.68 bits per heavy atom. The van der Waals surface area contributed by atoms with Gasteiger partial charge in [0, 0.05) is 16.9 Å². The molecule has 3 N–H and O–H groups in total. The van der Waals surface area contributed by atoms with E-state index in [4.69, 9.17) is 4.74 Å². The van der Waals surface area contributed by atoms with E-state index in [9.17, 15) is 9.90 Å². The van der Waals surface area contributed by atoms with E-state index in [-0.39, 0.29) is 12.5 Å². The largest absolute Gasteiger partial charge is 0.494 e. The molecule has 0 aliphatic carbocycles.